The van der Waals surface area contributed by atoms with Gasteiger partial charge >= 0.3 is 0 Å². The summed E-state index contributed by atoms with van der Waals surface area (Å²) in [5.74, 6) is 1.11. The van der Waals surface area contributed by atoms with Crippen LogP contribution in [0.2, 0.25) is 0 Å². The van der Waals surface area contributed by atoms with Gasteiger partial charge < -0.3 is 10.2 Å². The summed E-state index contributed by atoms with van der Waals surface area (Å²) in [7, 11) is 0. The average molecular weight is 286 g/mol. The minimum Gasteiger partial charge on any atom is -0.340 e. The maximum Gasteiger partial charge on any atom is 0.248 e. The smallest absolute Gasteiger partial charge is 0.248 e. The van der Waals surface area contributed by atoms with E-state index in [9.17, 15) is 9.59 Å². The number of hydrogen-bond acceptors (Lipinski definition) is 2. The number of piperazine rings is 1. The van der Waals surface area contributed by atoms with Crippen LogP contribution in [-0.2, 0) is 9.59 Å². The quantitative estimate of drug-likeness (QED) is 0.925. The molecule has 1 N–H and O–H groups in total. The van der Waals surface area contributed by atoms with Crippen LogP contribution in [0, 0.1) is 11.8 Å². The molecule has 21 heavy (non-hydrogen) atoms. The number of benzene rings is 1. The minimum atomic E-state index is -0.819. The molecule has 2 amide bonds. The third-order valence-corrected chi connectivity index (χ3v) is 4.61. The van der Waals surface area contributed by atoms with Crippen molar-refractivity contribution >= 4 is 11.8 Å². The van der Waals surface area contributed by atoms with Crippen LogP contribution >= 0.6 is 0 Å². The lowest BCUT2D eigenvalue weighted by molar-refractivity contribution is -0.154. The Balaban J connectivity index is 1.94. The van der Waals surface area contributed by atoms with Crippen LogP contribution in [0.1, 0.15) is 38.8 Å². The number of nitrogens with one attached hydrogen (secondary N) is 1. The van der Waals surface area contributed by atoms with Gasteiger partial charge in [-0.25, -0.2) is 0 Å². The summed E-state index contributed by atoms with van der Waals surface area (Å²) in [5.41, 5.74) is 0.0627. The van der Waals surface area contributed by atoms with Crippen molar-refractivity contribution < 1.29 is 9.59 Å². The Morgan fingerprint density at radius 1 is 1.24 bits per heavy atom. The second-order valence-electron chi connectivity index (χ2n) is 6.86. The van der Waals surface area contributed by atoms with Crippen LogP contribution < -0.4 is 5.32 Å². The average Bonchev–Trinajstić information content (AvgIpc) is 3.12. The molecule has 1 saturated carbocycles. The molecule has 0 bridgehead atoms. The second-order valence-corrected chi connectivity index (χ2v) is 6.86. The first-order valence-corrected chi connectivity index (χ1v) is 7.58. The Bertz CT molecular complexity index is 567. The Morgan fingerprint density at radius 2 is 1.86 bits per heavy atom. The fourth-order valence-corrected chi connectivity index (χ4v) is 3.11. The molecule has 1 aliphatic heterocycles. The maximum atomic E-state index is 12.8. The molecule has 4 nitrogen and oxygen atoms in total. The molecule has 1 heterocycles. The van der Waals surface area contributed by atoms with Crippen LogP contribution in [0.5, 0.6) is 0 Å². The van der Waals surface area contributed by atoms with E-state index in [2.05, 4.69) is 12.2 Å². The first kappa shape index (κ1) is 14.1. The lowest BCUT2D eigenvalue weighted by Crippen LogP contribution is -2.65. The lowest BCUT2D eigenvalue weighted by Gasteiger charge is -2.43. The van der Waals surface area contributed by atoms with E-state index in [-0.39, 0.29) is 11.8 Å². The van der Waals surface area contributed by atoms with Gasteiger partial charge in [0.05, 0.1) is 0 Å². The zero-order chi connectivity index (χ0) is 15.2. The molecule has 1 aliphatic carbocycles. The molecule has 1 aromatic rings. The molecule has 1 saturated heterocycles. The van der Waals surface area contributed by atoms with E-state index in [0.717, 1.165) is 12.0 Å². The van der Waals surface area contributed by atoms with Gasteiger partial charge in [0.15, 0.2) is 0 Å². The molecular weight excluding hydrogens is 264 g/mol. The third kappa shape index (κ3) is 2.55. The zero-order valence-corrected chi connectivity index (χ0v) is 12.8. The van der Waals surface area contributed by atoms with E-state index in [1.807, 2.05) is 30.3 Å². The first-order chi connectivity index (χ1) is 9.90. The number of nitrogens with zero attached hydrogens (tertiary/aromatic N) is 1. The standard InChI is InChI=1S/C17H22N2O2/c1-11-9-13(11)10-19-14(12-7-5-4-6-8-12)15(20)18-17(2,3)16(19)21/h4-8,11,13-14H,9-10H2,1-3H3,(H,18,20). The summed E-state index contributed by atoms with van der Waals surface area (Å²) in [6, 6.07) is 9.07. The summed E-state index contributed by atoms with van der Waals surface area (Å²) in [4.78, 5) is 27.1. The molecule has 2 aliphatic rings. The molecule has 0 radical (unpaired) electrons. The number of amides is 2. The van der Waals surface area contributed by atoms with Crippen molar-refractivity contribution in [2.75, 3.05) is 6.54 Å². The van der Waals surface area contributed by atoms with Gasteiger partial charge in [-0.15, -0.1) is 0 Å². The lowest BCUT2D eigenvalue weighted by atomic mass is 9.93. The van der Waals surface area contributed by atoms with Crippen LogP contribution in [-0.4, -0.2) is 28.8 Å². The van der Waals surface area contributed by atoms with E-state index >= 15 is 0 Å². The molecular formula is C17H22N2O2. The Kier molecular flexibility index (Phi) is 3.27. The van der Waals surface area contributed by atoms with Gasteiger partial charge in [0.1, 0.15) is 11.6 Å². The Hall–Kier alpha value is -1.84. The van der Waals surface area contributed by atoms with E-state index in [4.69, 9.17) is 0 Å². The maximum absolute atomic E-state index is 12.8. The van der Waals surface area contributed by atoms with Gasteiger partial charge in [-0.2, -0.15) is 0 Å². The van der Waals surface area contributed by atoms with Crippen LogP contribution in [0.15, 0.2) is 30.3 Å². The van der Waals surface area contributed by atoms with Crippen molar-refractivity contribution in [2.45, 2.75) is 38.8 Å². The summed E-state index contributed by atoms with van der Waals surface area (Å²) in [5, 5.41) is 2.86. The summed E-state index contributed by atoms with van der Waals surface area (Å²) < 4.78 is 0. The van der Waals surface area contributed by atoms with Gasteiger partial charge in [-0.1, -0.05) is 37.3 Å². The molecule has 2 fully saturated rings. The molecule has 112 valence electrons. The molecule has 3 atom stereocenters. The molecule has 3 unspecified atom stereocenters. The highest BCUT2D eigenvalue weighted by molar-refractivity contribution is 5.99. The third-order valence-electron chi connectivity index (χ3n) is 4.61. The van der Waals surface area contributed by atoms with Crippen LogP contribution in [0.3, 0.4) is 0 Å². The Labute approximate surface area is 125 Å². The fourth-order valence-electron chi connectivity index (χ4n) is 3.11. The van der Waals surface area contributed by atoms with Gasteiger partial charge in [-0.05, 0) is 37.7 Å². The number of carbonyl (C=O) groups excluding carboxylic acids is 2. The summed E-state index contributed by atoms with van der Waals surface area (Å²) in [6.07, 6.45) is 1.15. The van der Waals surface area contributed by atoms with Gasteiger partial charge in [0.2, 0.25) is 11.8 Å². The first-order valence-electron chi connectivity index (χ1n) is 7.58. The van der Waals surface area contributed by atoms with Crippen molar-refractivity contribution in [1.82, 2.24) is 10.2 Å². The van der Waals surface area contributed by atoms with Crippen molar-refractivity contribution in [1.29, 1.82) is 0 Å². The number of carbonyl (C=O) groups is 2. The van der Waals surface area contributed by atoms with Crippen molar-refractivity contribution in [2.24, 2.45) is 11.8 Å². The van der Waals surface area contributed by atoms with Gasteiger partial charge in [0, 0.05) is 6.54 Å². The number of rotatable bonds is 3. The summed E-state index contributed by atoms with van der Waals surface area (Å²) in [6.45, 7) is 6.42. The molecule has 0 spiro atoms. The normalized spacial score (nSPS) is 31.0. The van der Waals surface area contributed by atoms with Crippen LogP contribution in [0.4, 0.5) is 0 Å². The predicted octanol–water partition coefficient (Wildman–Crippen LogP) is 2.12. The van der Waals surface area contributed by atoms with E-state index in [1.165, 1.54) is 0 Å². The van der Waals surface area contributed by atoms with Crippen molar-refractivity contribution in [3.8, 4) is 0 Å². The number of hydrogen-bond donors (Lipinski definition) is 1. The SMILES string of the molecule is CC1CC1CN1C(=O)C(C)(C)NC(=O)C1c1ccccc1. The summed E-state index contributed by atoms with van der Waals surface area (Å²) >= 11 is 0. The van der Waals surface area contributed by atoms with Gasteiger partial charge in [0.25, 0.3) is 0 Å². The molecule has 4 heteroatoms. The fraction of sp³-hybridized carbons (Fsp3) is 0.529. The second kappa shape index (κ2) is 4.86. The highest BCUT2D eigenvalue weighted by atomic mass is 16.2. The van der Waals surface area contributed by atoms with Crippen LogP contribution in [0.25, 0.3) is 0 Å². The molecule has 0 aromatic heterocycles. The topological polar surface area (TPSA) is 49.4 Å². The predicted molar refractivity (Wildman–Crippen MR) is 80.4 cm³/mol. The monoisotopic (exact) mass is 286 g/mol. The van der Waals surface area contributed by atoms with Crippen molar-refractivity contribution in [3.63, 3.8) is 0 Å². The molecule has 3 rings (SSSR count). The van der Waals surface area contributed by atoms with E-state index in [0.29, 0.717) is 18.4 Å². The van der Waals surface area contributed by atoms with Crippen molar-refractivity contribution in [3.05, 3.63) is 35.9 Å². The zero-order valence-electron chi connectivity index (χ0n) is 12.8. The van der Waals surface area contributed by atoms with Gasteiger partial charge in [-0.3, -0.25) is 9.59 Å². The van der Waals surface area contributed by atoms with E-state index < -0.39 is 11.6 Å². The highest BCUT2D eigenvalue weighted by Crippen LogP contribution is 2.41. The molecule has 1 aromatic carbocycles. The Morgan fingerprint density at radius 3 is 2.43 bits per heavy atom. The largest absolute Gasteiger partial charge is 0.340 e. The highest BCUT2D eigenvalue weighted by Gasteiger charge is 2.48. The minimum absolute atomic E-state index is 0.00931. The van der Waals surface area contributed by atoms with E-state index in [1.54, 1.807) is 18.7 Å².